The molecule has 21 heavy (non-hydrogen) atoms. The number of para-hydroxylation sites is 1. The standard InChI is InChI=1S/C13H7F4NO3/c14-8-5-9(18(19)20)7-10(6-8)21-12-4-2-1-3-11(12)13(15,16)17/h1-7H. The Morgan fingerprint density at radius 2 is 1.76 bits per heavy atom. The van der Waals surface area contributed by atoms with Gasteiger partial charge in [-0.05, 0) is 12.1 Å². The summed E-state index contributed by atoms with van der Waals surface area (Å²) in [6, 6.07) is 6.56. The molecule has 0 heterocycles. The van der Waals surface area contributed by atoms with Crippen molar-refractivity contribution < 1.29 is 27.2 Å². The molecule has 0 radical (unpaired) electrons. The van der Waals surface area contributed by atoms with Crippen LogP contribution in [0.3, 0.4) is 0 Å². The van der Waals surface area contributed by atoms with Crippen molar-refractivity contribution in [1.82, 2.24) is 0 Å². The van der Waals surface area contributed by atoms with Gasteiger partial charge in [-0.2, -0.15) is 13.2 Å². The summed E-state index contributed by atoms with van der Waals surface area (Å²) in [6.07, 6.45) is -4.66. The molecule has 0 spiro atoms. The summed E-state index contributed by atoms with van der Waals surface area (Å²) < 4.78 is 56.5. The number of hydrogen-bond acceptors (Lipinski definition) is 3. The third-order valence-electron chi connectivity index (χ3n) is 2.49. The molecule has 0 bridgehead atoms. The van der Waals surface area contributed by atoms with Gasteiger partial charge in [-0.25, -0.2) is 4.39 Å². The molecular formula is C13H7F4NO3. The van der Waals surface area contributed by atoms with Crippen LogP contribution >= 0.6 is 0 Å². The maximum atomic E-state index is 13.2. The molecule has 0 aliphatic carbocycles. The van der Waals surface area contributed by atoms with E-state index < -0.39 is 39.7 Å². The van der Waals surface area contributed by atoms with Gasteiger partial charge in [-0.3, -0.25) is 10.1 Å². The van der Waals surface area contributed by atoms with E-state index in [9.17, 15) is 27.7 Å². The van der Waals surface area contributed by atoms with Crippen LogP contribution in [-0.4, -0.2) is 4.92 Å². The molecular weight excluding hydrogens is 294 g/mol. The van der Waals surface area contributed by atoms with Gasteiger partial charge in [-0.15, -0.1) is 0 Å². The van der Waals surface area contributed by atoms with Crippen molar-refractivity contribution in [3.05, 3.63) is 64.0 Å². The van der Waals surface area contributed by atoms with Crippen molar-refractivity contribution in [3.63, 3.8) is 0 Å². The number of nitrogens with zero attached hydrogens (tertiary/aromatic N) is 1. The number of halogens is 4. The monoisotopic (exact) mass is 301 g/mol. The smallest absolute Gasteiger partial charge is 0.419 e. The molecule has 0 atom stereocenters. The van der Waals surface area contributed by atoms with Gasteiger partial charge in [-0.1, -0.05) is 12.1 Å². The number of nitro benzene ring substituents is 1. The molecule has 0 unspecified atom stereocenters. The summed E-state index contributed by atoms with van der Waals surface area (Å²) in [7, 11) is 0. The molecule has 0 aromatic heterocycles. The summed E-state index contributed by atoms with van der Waals surface area (Å²) in [5.74, 6) is -1.94. The minimum Gasteiger partial charge on any atom is -0.456 e. The predicted molar refractivity (Wildman–Crippen MR) is 64.6 cm³/mol. The van der Waals surface area contributed by atoms with Crippen molar-refractivity contribution in [2.24, 2.45) is 0 Å². The highest BCUT2D eigenvalue weighted by molar-refractivity contribution is 5.44. The average Bonchev–Trinajstić information content (AvgIpc) is 2.37. The Hall–Kier alpha value is -2.64. The molecule has 8 heteroatoms. The maximum absolute atomic E-state index is 13.2. The van der Waals surface area contributed by atoms with Crippen LogP contribution in [0.2, 0.25) is 0 Å². The highest BCUT2D eigenvalue weighted by Crippen LogP contribution is 2.38. The van der Waals surface area contributed by atoms with Gasteiger partial charge in [0.2, 0.25) is 0 Å². The van der Waals surface area contributed by atoms with Crippen molar-refractivity contribution >= 4 is 5.69 Å². The van der Waals surface area contributed by atoms with Gasteiger partial charge in [0, 0.05) is 6.07 Å². The second-order valence-electron chi connectivity index (χ2n) is 4.00. The topological polar surface area (TPSA) is 52.4 Å². The Morgan fingerprint density at radius 1 is 1.10 bits per heavy atom. The normalized spacial score (nSPS) is 11.2. The SMILES string of the molecule is O=[N+]([O-])c1cc(F)cc(Oc2ccccc2C(F)(F)F)c1. The van der Waals surface area contributed by atoms with Crippen LogP contribution in [0.5, 0.6) is 11.5 Å². The quantitative estimate of drug-likeness (QED) is 0.475. The van der Waals surface area contributed by atoms with Crippen LogP contribution in [-0.2, 0) is 6.18 Å². The number of non-ortho nitro benzene ring substituents is 1. The van der Waals surface area contributed by atoms with Gasteiger partial charge < -0.3 is 4.74 Å². The predicted octanol–water partition coefficient (Wildman–Crippen LogP) is 4.55. The third kappa shape index (κ3) is 3.47. The van der Waals surface area contributed by atoms with Crippen molar-refractivity contribution in [2.75, 3.05) is 0 Å². The third-order valence-corrected chi connectivity index (χ3v) is 2.49. The number of nitro groups is 1. The number of benzene rings is 2. The van der Waals surface area contributed by atoms with E-state index in [1.807, 2.05) is 0 Å². The van der Waals surface area contributed by atoms with Crippen molar-refractivity contribution in [2.45, 2.75) is 6.18 Å². The van der Waals surface area contributed by atoms with Gasteiger partial charge in [0.1, 0.15) is 17.3 Å². The van der Waals surface area contributed by atoms with Gasteiger partial charge in [0.25, 0.3) is 5.69 Å². The first kappa shape index (κ1) is 14.8. The minimum absolute atomic E-state index is 0.390. The van der Waals surface area contributed by atoms with Crippen LogP contribution in [0.4, 0.5) is 23.2 Å². The number of rotatable bonds is 3. The molecule has 0 saturated carbocycles. The lowest BCUT2D eigenvalue weighted by Crippen LogP contribution is -2.06. The lowest BCUT2D eigenvalue weighted by atomic mass is 10.2. The fraction of sp³-hybridized carbons (Fsp3) is 0.0769. The Kier molecular flexibility index (Phi) is 3.79. The van der Waals surface area contributed by atoms with E-state index in [0.29, 0.717) is 6.07 Å². The molecule has 0 aliphatic rings. The van der Waals surface area contributed by atoms with Gasteiger partial charge in [0.05, 0.1) is 22.6 Å². The zero-order valence-electron chi connectivity index (χ0n) is 10.2. The Bertz CT molecular complexity index is 685. The largest absolute Gasteiger partial charge is 0.456 e. The lowest BCUT2D eigenvalue weighted by molar-refractivity contribution is -0.385. The summed E-state index contributed by atoms with van der Waals surface area (Å²) in [5.41, 5.74) is -1.67. The molecule has 0 amide bonds. The molecule has 110 valence electrons. The first-order valence-corrected chi connectivity index (χ1v) is 5.56. The van der Waals surface area contributed by atoms with E-state index in [-0.39, 0.29) is 0 Å². The molecule has 2 rings (SSSR count). The number of hydrogen-bond donors (Lipinski definition) is 0. The Morgan fingerprint density at radius 3 is 2.38 bits per heavy atom. The zero-order valence-corrected chi connectivity index (χ0v) is 10.2. The van der Waals surface area contributed by atoms with E-state index in [0.717, 1.165) is 24.3 Å². The summed E-state index contributed by atoms with van der Waals surface area (Å²) in [4.78, 5) is 9.72. The van der Waals surface area contributed by atoms with Crippen LogP contribution in [0.15, 0.2) is 42.5 Å². The second-order valence-corrected chi connectivity index (χ2v) is 4.00. The molecule has 2 aromatic carbocycles. The van der Waals surface area contributed by atoms with Crippen LogP contribution < -0.4 is 4.74 Å². The molecule has 0 N–H and O–H groups in total. The van der Waals surface area contributed by atoms with Crippen molar-refractivity contribution in [1.29, 1.82) is 0 Å². The first-order valence-electron chi connectivity index (χ1n) is 5.56. The number of alkyl halides is 3. The minimum atomic E-state index is -4.66. The summed E-state index contributed by atoms with van der Waals surface area (Å²) >= 11 is 0. The molecule has 2 aromatic rings. The fourth-order valence-corrected chi connectivity index (χ4v) is 1.63. The lowest BCUT2D eigenvalue weighted by Gasteiger charge is -2.13. The highest BCUT2D eigenvalue weighted by atomic mass is 19.4. The summed E-state index contributed by atoms with van der Waals surface area (Å²) in [5, 5.41) is 10.6. The molecule has 4 nitrogen and oxygen atoms in total. The Labute approximate surface area is 115 Å². The van der Waals surface area contributed by atoms with Crippen LogP contribution in [0.1, 0.15) is 5.56 Å². The van der Waals surface area contributed by atoms with E-state index in [1.54, 1.807) is 0 Å². The van der Waals surface area contributed by atoms with Crippen LogP contribution in [0.25, 0.3) is 0 Å². The second kappa shape index (κ2) is 5.39. The molecule has 0 fully saturated rings. The first-order chi connectivity index (χ1) is 9.77. The maximum Gasteiger partial charge on any atom is 0.419 e. The highest BCUT2D eigenvalue weighted by Gasteiger charge is 2.34. The number of ether oxygens (including phenoxy) is 1. The Balaban J connectivity index is 2.42. The average molecular weight is 301 g/mol. The van der Waals surface area contributed by atoms with Gasteiger partial charge >= 0.3 is 6.18 Å². The van der Waals surface area contributed by atoms with E-state index in [4.69, 9.17) is 4.74 Å². The van der Waals surface area contributed by atoms with E-state index >= 15 is 0 Å². The summed E-state index contributed by atoms with van der Waals surface area (Å²) in [6.45, 7) is 0. The molecule has 0 aliphatic heterocycles. The fourth-order valence-electron chi connectivity index (χ4n) is 1.63. The van der Waals surface area contributed by atoms with E-state index in [1.165, 1.54) is 12.1 Å². The zero-order chi connectivity index (χ0) is 15.6. The van der Waals surface area contributed by atoms with Crippen LogP contribution in [0, 0.1) is 15.9 Å². The molecule has 0 saturated heterocycles. The van der Waals surface area contributed by atoms with E-state index in [2.05, 4.69) is 0 Å². The van der Waals surface area contributed by atoms with Crippen molar-refractivity contribution in [3.8, 4) is 11.5 Å². The van der Waals surface area contributed by atoms with Gasteiger partial charge in [0.15, 0.2) is 0 Å².